The van der Waals surface area contributed by atoms with E-state index in [1.807, 2.05) is 63.2 Å². The van der Waals surface area contributed by atoms with Crippen molar-refractivity contribution in [2.45, 2.75) is 40.3 Å². The van der Waals surface area contributed by atoms with Gasteiger partial charge in [-0.25, -0.2) is 0 Å². The molecule has 4 heteroatoms. The smallest absolute Gasteiger partial charge is 0.261 e. The van der Waals surface area contributed by atoms with E-state index in [0.717, 1.165) is 16.9 Å². The summed E-state index contributed by atoms with van der Waals surface area (Å²) in [7, 11) is 0. The second kappa shape index (κ2) is 8.39. The van der Waals surface area contributed by atoms with Crippen molar-refractivity contribution in [3.8, 4) is 11.5 Å². The van der Waals surface area contributed by atoms with Crippen LogP contribution in [0.1, 0.15) is 30.5 Å². The van der Waals surface area contributed by atoms with Gasteiger partial charge in [0.2, 0.25) is 0 Å². The lowest BCUT2D eigenvalue weighted by Gasteiger charge is -2.16. The van der Waals surface area contributed by atoms with Crippen molar-refractivity contribution in [2.75, 3.05) is 6.61 Å². The number of amides is 1. The summed E-state index contributed by atoms with van der Waals surface area (Å²) in [6.07, 6.45) is -0.564. The van der Waals surface area contributed by atoms with Crippen molar-refractivity contribution >= 4 is 5.91 Å². The van der Waals surface area contributed by atoms with Crippen molar-refractivity contribution in [3.05, 3.63) is 59.2 Å². The zero-order chi connectivity index (χ0) is 17.5. The van der Waals surface area contributed by atoms with E-state index in [1.54, 1.807) is 6.92 Å². The highest BCUT2D eigenvalue weighted by Crippen LogP contribution is 2.19. The molecule has 0 unspecified atom stereocenters. The number of benzene rings is 2. The van der Waals surface area contributed by atoms with Gasteiger partial charge in [0.15, 0.2) is 6.10 Å². The van der Waals surface area contributed by atoms with Gasteiger partial charge in [-0.15, -0.1) is 0 Å². The van der Waals surface area contributed by atoms with Crippen molar-refractivity contribution < 1.29 is 14.3 Å². The van der Waals surface area contributed by atoms with Crippen molar-refractivity contribution in [1.82, 2.24) is 5.32 Å². The average Bonchev–Trinajstić information content (AvgIpc) is 2.57. The predicted molar refractivity (Wildman–Crippen MR) is 95.5 cm³/mol. The molecule has 2 aromatic rings. The van der Waals surface area contributed by atoms with Crippen LogP contribution in [0.3, 0.4) is 0 Å². The highest BCUT2D eigenvalue weighted by atomic mass is 16.5. The first-order valence-corrected chi connectivity index (χ1v) is 8.23. The molecule has 128 valence electrons. The van der Waals surface area contributed by atoms with Crippen molar-refractivity contribution in [2.24, 2.45) is 0 Å². The third-order valence-electron chi connectivity index (χ3n) is 3.89. The Bertz CT molecular complexity index is 697. The monoisotopic (exact) mass is 327 g/mol. The zero-order valence-corrected chi connectivity index (χ0v) is 14.8. The summed E-state index contributed by atoms with van der Waals surface area (Å²) in [5.41, 5.74) is 3.30. The predicted octanol–water partition coefficient (Wildman–Crippen LogP) is 3.79. The Morgan fingerprint density at radius 3 is 2.58 bits per heavy atom. The Balaban J connectivity index is 1.93. The van der Waals surface area contributed by atoms with E-state index in [0.29, 0.717) is 18.9 Å². The molecule has 1 atom stereocenters. The molecule has 0 bridgehead atoms. The van der Waals surface area contributed by atoms with E-state index < -0.39 is 6.10 Å². The molecule has 2 rings (SSSR count). The van der Waals surface area contributed by atoms with E-state index in [2.05, 4.69) is 5.32 Å². The second-order valence-electron chi connectivity index (χ2n) is 5.76. The largest absolute Gasteiger partial charge is 0.494 e. The van der Waals surface area contributed by atoms with Gasteiger partial charge in [0.1, 0.15) is 11.5 Å². The van der Waals surface area contributed by atoms with Gasteiger partial charge in [0, 0.05) is 12.1 Å². The minimum absolute atomic E-state index is 0.153. The van der Waals surface area contributed by atoms with E-state index >= 15 is 0 Å². The van der Waals surface area contributed by atoms with E-state index in [9.17, 15) is 4.79 Å². The average molecular weight is 327 g/mol. The number of hydrogen-bond donors (Lipinski definition) is 1. The molecule has 0 heterocycles. The molecule has 0 saturated heterocycles. The van der Waals surface area contributed by atoms with Gasteiger partial charge in [-0.05, 0) is 57.0 Å². The molecule has 0 aromatic heterocycles. The quantitative estimate of drug-likeness (QED) is 0.842. The summed E-state index contributed by atoms with van der Waals surface area (Å²) in [5.74, 6) is 1.35. The third-order valence-corrected chi connectivity index (χ3v) is 3.89. The molecule has 0 radical (unpaired) electrons. The summed E-state index contributed by atoms with van der Waals surface area (Å²) in [6, 6.07) is 13.5. The second-order valence-corrected chi connectivity index (χ2v) is 5.76. The number of carbonyl (C=O) groups excluding carboxylic acids is 1. The van der Waals surface area contributed by atoms with Crippen LogP contribution in [0.4, 0.5) is 0 Å². The molecule has 24 heavy (non-hydrogen) atoms. The molecule has 1 N–H and O–H groups in total. The van der Waals surface area contributed by atoms with Crippen LogP contribution in [0, 0.1) is 13.8 Å². The lowest BCUT2D eigenvalue weighted by Crippen LogP contribution is -2.36. The SMILES string of the molecule is CCOc1ccccc1CNC(=O)[C@H](C)Oc1ccc(C)c(C)c1. The summed E-state index contributed by atoms with van der Waals surface area (Å²) in [5, 5.41) is 2.90. The van der Waals surface area contributed by atoms with Gasteiger partial charge >= 0.3 is 0 Å². The van der Waals surface area contributed by atoms with Crippen molar-refractivity contribution in [1.29, 1.82) is 0 Å². The first kappa shape index (κ1) is 17.9. The Kier molecular flexibility index (Phi) is 6.24. The molecular weight excluding hydrogens is 302 g/mol. The van der Waals surface area contributed by atoms with Gasteiger partial charge in [-0.2, -0.15) is 0 Å². The summed E-state index contributed by atoms with van der Waals surface area (Å²) in [6.45, 7) is 8.77. The van der Waals surface area contributed by atoms with Crippen LogP contribution in [0.5, 0.6) is 11.5 Å². The maximum atomic E-state index is 12.3. The van der Waals surface area contributed by atoms with Gasteiger partial charge in [0.05, 0.1) is 6.61 Å². The van der Waals surface area contributed by atoms with Crippen LogP contribution < -0.4 is 14.8 Å². The first-order chi connectivity index (χ1) is 11.5. The highest BCUT2D eigenvalue weighted by Gasteiger charge is 2.15. The zero-order valence-electron chi connectivity index (χ0n) is 14.8. The van der Waals surface area contributed by atoms with Gasteiger partial charge in [-0.1, -0.05) is 24.3 Å². The molecule has 0 aliphatic carbocycles. The third kappa shape index (κ3) is 4.75. The number of carbonyl (C=O) groups is 1. The lowest BCUT2D eigenvalue weighted by atomic mass is 10.1. The fourth-order valence-electron chi connectivity index (χ4n) is 2.32. The minimum Gasteiger partial charge on any atom is -0.494 e. The molecular formula is C20H25NO3. The Morgan fingerprint density at radius 2 is 1.88 bits per heavy atom. The molecule has 0 fully saturated rings. The van der Waals surface area contributed by atoms with Crippen LogP contribution in [0.15, 0.2) is 42.5 Å². The van der Waals surface area contributed by atoms with Crippen molar-refractivity contribution in [3.63, 3.8) is 0 Å². The molecule has 4 nitrogen and oxygen atoms in total. The fraction of sp³-hybridized carbons (Fsp3) is 0.350. The normalized spacial score (nSPS) is 11.7. The summed E-state index contributed by atoms with van der Waals surface area (Å²) < 4.78 is 11.3. The Morgan fingerprint density at radius 1 is 1.12 bits per heavy atom. The number of hydrogen-bond acceptors (Lipinski definition) is 3. The summed E-state index contributed by atoms with van der Waals surface area (Å²) >= 11 is 0. The topological polar surface area (TPSA) is 47.6 Å². The number of aryl methyl sites for hydroxylation is 2. The molecule has 0 saturated carbocycles. The molecule has 2 aromatic carbocycles. The summed E-state index contributed by atoms with van der Waals surface area (Å²) in [4.78, 5) is 12.3. The number of ether oxygens (including phenoxy) is 2. The van der Waals surface area contributed by atoms with E-state index in [4.69, 9.17) is 9.47 Å². The maximum Gasteiger partial charge on any atom is 0.261 e. The van der Waals surface area contributed by atoms with Gasteiger partial charge in [-0.3, -0.25) is 4.79 Å². The molecule has 0 spiro atoms. The van der Waals surface area contributed by atoms with Crippen LogP contribution >= 0.6 is 0 Å². The Hall–Kier alpha value is -2.49. The first-order valence-electron chi connectivity index (χ1n) is 8.23. The number of nitrogens with one attached hydrogen (secondary N) is 1. The van der Waals surface area contributed by atoms with Crippen LogP contribution in [-0.2, 0) is 11.3 Å². The standard InChI is InChI=1S/C20H25NO3/c1-5-23-19-9-7-6-8-17(19)13-21-20(22)16(4)24-18-11-10-14(2)15(3)12-18/h6-12,16H,5,13H2,1-4H3,(H,21,22)/t16-/m0/s1. The van der Waals surface area contributed by atoms with Crippen LogP contribution in [0.25, 0.3) is 0 Å². The van der Waals surface area contributed by atoms with Crippen LogP contribution in [0.2, 0.25) is 0 Å². The molecule has 1 amide bonds. The molecule has 0 aliphatic rings. The van der Waals surface area contributed by atoms with E-state index in [-0.39, 0.29) is 5.91 Å². The Labute approximate surface area is 143 Å². The molecule has 0 aliphatic heterocycles. The van der Waals surface area contributed by atoms with Gasteiger partial charge < -0.3 is 14.8 Å². The maximum absolute atomic E-state index is 12.3. The lowest BCUT2D eigenvalue weighted by molar-refractivity contribution is -0.127. The number of para-hydroxylation sites is 1. The fourth-order valence-corrected chi connectivity index (χ4v) is 2.32. The van der Waals surface area contributed by atoms with Crippen LogP contribution in [-0.4, -0.2) is 18.6 Å². The highest BCUT2D eigenvalue weighted by molar-refractivity contribution is 5.80. The van der Waals surface area contributed by atoms with Gasteiger partial charge in [0.25, 0.3) is 5.91 Å². The minimum atomic E-state index is -0.564. The van der Waals surface area contributed by atoms with E-state index in [1.165, 1.54) is 5.56 Å². The number of rotatable bonds is 7.